The molecule has 110 valence electrons. The van der Waals surface area contributed by atoms with Crippen LogP contribution in [0, 0.1) is 11.7 Å². The molecule has 0 radical (unpaired) electrons. The highest BCUT2D eigenvalue weighted by molar-refractivity contribution is 5.95. The number of likely N-dealkylation sites (tertiary alicyclic amines) is 1. The molecule has 0 amide bonds. The topological polar surface area (TPSA) is 20.3 Å². The fraction of sp³-hybridized carbons (Fsp3) is 0.562. The first-order chi connectivity index (χ1) is 9.56. The van der Waals surface area contributed by atoms with E-state index in [1.165, 1.54) is 24.3 Å². The standard InChI is InChI=1S/C16H21F2NO/c1-12-8-10-19(11-15(12)18)9-2-3-16(20)13-4-6-14(17)7-5-13/h4-7,12,15H,2-3,8-11H2,1H3/t12-,15+/m1/s1. The molecule has 2 rings (SSSR count). The number of rotatable bonds is 5. The van der Waals surface area contributed by atoms with E-state index >= 15 is 0 Å². The van der Waals surface area contributed by atoms with Crippen LogP contribution < -0.4 is 0 Å². The number of carbonyl (C=O) groups is 1. The maximum absolute atomic E-state index is 13.6. The van der Waals surface area contributed by atoms with Gasteiger partial charge in [0.1, 0.15) is 12.0 Å². The maximum atomic E-state index is 13.6. The number of carbonyl (C=O) groups excluding carboxylic acids is 1. The molecule has 1 aromatic carbocycles. The third kappa shape index (κ3) is 4.10. The zero-order chi connectivity index (χ0) is 14.5. The van der Waals surface area contributed by atoms with Crippen LogP contribution in [0.5, 0.6) is 0 Å². The molecule has 1 saturated heterocycles. The van der Waals surface area contributed by atoms with Gasteiger partial charge in [0, 0.05) is 18.5 Å². The predicted octanol–water partition coefficient (Wildman–Crippen LogP) is 3.47. The van der Waals surface area contributed by atoms with Crippen LogP contribution >= 0.6 is 0 Å². The van der Waals surface area contributed by atoms with Gasteiger partial charge < -0.3 is 4.90 Å². The zero-order valence-corrected chi connectivity index (χ0v) is 11.8. The monoisotopic (exact) mass is 281 g/mol. The summed E-state index contributed by atoms with van der Waals surface area (Å²) in [5.41, 5.74) is 0.544. The van der Waals surface area contributed by atoms with Crippen LogP contribution in [-0.2, 0) is 0 Å². The molecule has 0 N–H and O–H groups in total. The lowest BCUT2D eigenvalue weighted by molar-refractivity contribution is 0.0878. The van der Waals surface area contributed by atoms with E-state index < -0.39 is 6.17 Å². The predicted molar refractivity (Wildman–Crippen MR) is 75.1 cm³/mol. The van der Waals surface area contributed by atoms with Gasteiger partial charge in [-0.2, -0.15) is 0 Å². The van der Waals surface area contributed by atoms with E-state index in [2.05, 4.69) is 4.90 Å². The van der Waals surface area contributed by atoms with E-state index in [0.717, 1.165) is 25.9 Å². The second-order valence-electron chi connectivity index (χ2n) is 5.62. The Kier molecular flexibility index (Phi) is 5.24. The smallest absolute Gasteiger partial charge is 0.162 e. The molecule has 2 nitrogen and oxygen atoms in total. The fourth-order valence-corrected chi connectivity index (χ4v) is 2.53. The van der Waals surface area contributed by atoms with E-state index in [-0.39, 0.29) is 17.5 Å². The van der Waals surface area contributed by atoms with Gasteiger partial charge in [-0.05, 0) is 56.1 Å². The van der Waals surface area contributed by atoms with Gasteiger partial charge in [-0.15, -0.1) is 0 Å². The van der Waals surface area contributed by atoms with Gasteiger partial charge in [-0.25, -0.2) is 8.78 Å². The Morgan fingerprint density at radius 1 is 1.35 bits per heavy atom. The minimum atomic E-state index is -0.753. The largest absolute Gasteiger partial charge is 0.300 e. The van der Waals surface area contributed by atoms with Gasteiger partial charge in [0.2, 0.25) is 0 Å². The lowest BCUT2D eigenvalue weighted by Gasteiger charge is -2.32. The van der Waals surface area contributed by atoms with Crippen LogP contribution in [0.4, 0.5) is 8.78 Å². The van der Waals surface area contributed by atoms with Crippen molar-refractivity contribution < 1.29 is 13.6 Å². The molecule has 0 aliphatic carbocycles. The Labute approximate surface area is 118 Å². The van der Waals surface area contributed by atoms with E-state index in [1.54, 1.807) is 0 Å². The summed E-state index contributed by atoms with van der Waals surface area (Å²) in [5.74, 6) is -0.169. The number of halogens is 2. The molecule has 0 saturated carbocycles. The molecule has 0 unspecified atom stereocenters. The van der Waals surface area contributed by atoms with E-state index in [0.29, 0.717) is 18.5 Å². The van der Waals surface area contributed by atoms with Crippen molar-refractivity contribution in [2.24, 2.45) is 5.92 Å². The van der Waals surface area contributed by atoms with Crippen molar-refractivity contribution in [3.05, 3.63) is 35.6 Å². The summed E-state index contributed by atoms with van der Waals surface area (Å²) in [5, 5.41) is 0. The fourth-order valence-electron chi connectivity index (χ4n) is 2.53. The molecule has 4 heteroatoms. The minimum Gasteiger partial charge on any atom is -0.300 e. The number of benzene rings is 1. The maximum Gasteiger partial charge on any atom is 0.162 e. The van der Waals surface area contributed by atoms with Crippen molar-refractivity contribution in [3.63, 3.8) is 0 Å². The second kappa shape index (κ2) is 6.93. The highest BCUT2D eigenvalue weighted by Crippen LogP contribution is 2.20. The van der Waals surface area contributed by atoms with Gasteiger partial charge in [-0.1, -0.05) is 6.92 Å². The van der Waals surface area contributed by atoms with Crippen molar-refractivity contribution in [2.45, 2.75) is 32.4 Å². The van der Waals surface area contributed by atoms with Crippen molar-refractivity contribution in [1.29, 1.82) is 0 Å². The number of nitrogens with zero attached hydrogens (tertiary/aromatic N) is 1. The van der Waals surface area contributed by atoms with Crippen molar-refractivity contribution in [2.75, 3.05) is 19.6 Å². The van der Waals surface area contributed by atoms with Crippen LogP contribution in [-0.4, -0.2) is 36.5 Å². The molecule has 1 aliphatic rings. The SMILES string of the molecule is C[C@@H]1CCN(CCCC(=O)c2ccc(F)cc2)C[C@@H]1F. The average Bonchev–Trinajstić information content (AvgIpc) is 2.43. The average molecular weight is 281 g/mol. The van der Waals surface area contributed by atoms with E-state index in [1.807, 2.05) is 6.92 Å². The third-order valence-corrected chi connectivity index (χ3v) is 4.00. The number of hydrogen-bond acceptors (Lipinski definition) is 2. The number of piperidine rings is 1. The molecule has 1 fully saturated rings. The van der Waals surface area contributed by atoms with Gasteiger partial charge in [0.25, 0.3) is 0 Å². The summed E-state index contributed by atoms with van der Waals surface area (Å²) < 4.78 is 26.3. The highest BCUT2D eigenvalue weighted by Gasteiger charge is 2.25. The number of hydrogen-bond donors (Lipinski definition) is 0. The highest BCUT2D eigenvalue weighted by atomic mass is 19.1. The molecule has 0 bridgehead atoms. The molecule has 0 spiro atoms. The molecule has 0 aromatic heterocycles. The van der Waals surface area contributed by atoms with Crippen molar-refractivity contribution in [1.82, 2.24) is 4.90 Å². The van der Waals surface area contributed by atoms with Crippen LogP contribution in [0.1, 0.15) is 36.5 Å². The Balaban J connectivity index is 1.73. The molecule has 1 aromatic rings. The van der Waals surface area contributed by atoms with E-state index in [4.69, 9.17) is 0 Å². The zero-order valence-electron chi connectivity index (χ0n) is 11.8. The second-order valence-corrected chi connectivity index (χ2v) is 5.62. The lowest BCUT2D eigenvalue weighted by Crippen LogP contribution is -2.41. The molecule has 1 heterocycles. The van der Waals surface area contributed by atoms with Crippen molar-refractivity contribution >= 4 is 5.78 Å². The van der Waals surface area contributed by atoms with Crippen LogP contribution in [0.15, 0.2) is 24.3 Å². The molecular weight excluding hydrogens is 260 g/mol. The summed E-state index contributed by atoms with van der Waals surface area (Å²) >= 11 is 0. The van der Waals surface area contributed by atoms with E-state index in [9.17, 15) is 13.6 Å². The Morgan fingerprint density at radius 3 is 2.70 bits per heavy atom. The van der Waals surface area contributed by atoms with Crippen LogP contribution in [0.25, 0.3) is 0 Å². The van der Waals surface area contributed by atoms with Crippen molar-refractivity contribution in [3.8, 4) is 0 Å². The Hall–Kier alpha value is -1.29. The number of alkyl halides is 1. The first-order valence-electron chi connectivity index (χ1n) is 7.21. The Bertz CT molecular complexity index is 446. The Morgan fingerprint density at radius 2 is 2.05 bits per heavy atom. The molecule has 20 heavy (non-hydrogen) atoms. The van der Waals surface area contributed by atoms with Crippen LogP contribution in [0.2, 0.25) is 0 Å². The summed E-state index contributed by atoms with van der Waals surface area (Å²) in [4.78, 5) is 14.0. The summed E-state index contributed by atoms with van der Waals surface area (Å²) in [6.07, 6.45) is 1.27. The summed E-state index contributed by atoms with van der Waals surface area (Å²) in [6, 6.07) is 5.62. The summed E-state index contributed by atoms with van der Waals surface area (Å²) in [7, 11) is 0. The first kappa shape index (κ1) is 15.1. The first-order valence-corrected chi connectivity index (χ1v) is 7.21. The lowest BCUT2D eigenvalue weighted by atomic mass is 9.97. The number of ketones is 1. The minimum absolute atomic E-state index is 0.0205. The van der Waals surface area contributed by atoms with Gasteiger partial charge in [0.15, 0.2) is 5.78 Å². The number of Topliss-reactive ketones (excluding diaryl/α,β-unsaturated/α-hetero) is 1. The van der Waals surface area contributed by atoms with Gasteiger partial charge >= 0.3 is 0 Å². The molecular formula is C16H21F2NO. The third-order valence-electron chi connectivity index (χ3n) is 4.00. The molecule has 2 atom stereocenters. The summed E-state index contributed by atoms with van der Waals surface area (Å²) in [6.45, 7) is 4.08. The quantitative estimate of drug-likeness (QED) is 0.770. The van der Waals surface area contributed by atoms with Gasteiger partial charge in [0.05, 0.1) is 0 Å². The molecule has 1 aliphatic heterocycles. The van der Waals surface area contributed by atoms with Crippen LogP contribution in [0.3, 0.4) is 0 Å². The van der Waals surface area contributed by atoms with Gasteiger partial charge in [-0.3, -0.25) is 4.79 Å². The normalized spacial score (nSPS) is 23.8.